The molecule has 0 saturated heterocycles. The van der Waals surface area contributed by atoms with Crippen molar-refractivity contribution >= 4 is 5.91 Å². The van der Waals surface area contributed by atoms with E-state index in [1.807, 2.05) is 0 Å². The fourth-order valence-electron chi connectivity index (χ4n) is 2.36. The normalized spacial score (nSPS) is 12.0. The molecule has 6 nitrogen and oxygen atoms in total. The molecule has 0 aliphatic rings. The van der Waals surface area contributed by atoms with Crippen LogP contribution in [0.25, 0.3) is 11.3 Å². The van der Waals surface area contributed by atoms with Crippen LogP contribution in [0.15, 0.2) is 47.1 Å². The Labute approximate surface area is 151 Å². The molecule has 0 spiro atoms. The average molecular weight is 378 g/mol. The topological polar surface area (TPSA) is 98.6 Å². The van der Waals surface area contributed by atoms with Crippen LogP contribution < -0.4 is 10.5 Å². The summed E-state index contributed by atoms with van der Waals surface area (Å²) in [7, 11) is 0. The molecule has 27 heavy (non-hydrogen) atoms. The number of benzene rings is 2. The lowest BCUT2D eigenvalue weighted by atomic mass is 10.1. The number of hydrogen-bond acceptors (Lipinski definition) is 5. The van der Waals surface area contributed by atoms with Gasteiger partial charge >= 0.3 is 0 Å². The molecule has 1 atom stereocenters. The number of hydrogen-bond donors (Lipinski definition) is 2. The van der Waals surface area contributed by atoms with E-state index in [1.165, 1.54) is 30.5 Å². The molecule has 1 aromatic heterocycles. The second-order valence-corrected chi connectivity index (χ2v) is 5.47. The van der Waals surface area contributed by atoms with Crippen molar-refractivity contribution in [2.45, 2.75) is 6.10 Å². The largest absolute Gasteiger partial charge is 0.475 e. The maximum absolute atomic E-state index is 14.3. The molecule has 3 aromatic rings. The number of aliphatic hydroxyl groups excluding tert-OH is 1. The van der Waals surface area contributed by atoms with Crippen LogP contribution >= 0.6 is 0 Å². The minimum Gasteiger partial charge on any atom is -0.475 e. The number of nitrogens with two attached hydrogens (primary N) is 1. The Balaban J connectivity index is 1.88. The van der Waals surface area contributed by atoms with Gasteiger partial charge in [-0.05, 0) is 36.4 Å². The highest BCUT2D eigenvalue weighted by Crippen LogP contribution is 2.29. The number of oxazole rings is 1. The third-order valence-electron chi connectivity index (χ3n) is 3.67. The molecule has 3 rings (SSSR count). The molecule has 0 bridgehead atoms. The third-order valence-corrected chi connectivity index (χ3v) is 3.67. The van der Waals surface area contributed by atoms with Gasteiger partial charge in [0.2, 0.25) is 5.89 Å². The van der Waals surface area contributed by atoms with E-state index in [0.29, 0.717) is 11.3 Å². The first-order valence-electron chi connectivity index (χ1n) is 7.67. The highest BCUT2D eigenvalue weighted by atomic mass is 19.1. The van der Waals surface area contributed by atoms with Gasteiger partial charge in [0.05, 0.1) is 6.61 Å². The van der Waals surface area contributed by atoms with Crippen molar-refractivity contribution in [1.29, 1.82) is 0 Å². The number of amides is 1. The first-order chi connectivity index (χ1) is 12.9. The van der Waals surface area contributed by atoms with E-state index in [0.717, 1.165) is 12.1 Å². The van der Waals surface area contributed by atoms with E-state index in [4.69, 9.17) is 14.9 Å². The molecule has 0 aliphatic heterocycles. The Morgan fingerprint density at radius 1 is 1.19 bits per heavy atom. The standard InChI is InChI=1S/C18H13F3N2O4/c19-10-3-1-9(2-4-10)12-8-26-18(23-12)14(7-24)27-13-6-5-11(20)15(16(13)21)17(22)25/h1-6,8,14,24H,7H2,(H2,22,25). The Bertz CT molecular complexity index is 973. The summed E-state index contributed by atoms with van der Waals surface area (Å²) in [4.78, 5) is 15.3. The van der Waals surface area contributed by atoms with Crippen LogP contribution in [0.2, 0.25) is 0 Å². The van der Waals surface area contributed by atoms with Crippen molar-refractivity contribution in [2.75, 3.05) is 6.61 Å². The predicted octanol–water partition coefficient (Wildman–Crippen LogP) is 2.97. The maximum atomic E-state index is 14.3. The van der Waals surface area contributed by atoms with Gasteiger partial charge in [0.25, 0.3) is 5.91 Å². The van der Waals surface area contributed by atoms with Gasteiger partial charge in [-0.2, -0.15) is 0 Å². The SMILES string of the molecule is NC(=O)c1c(F)ccc(OC(CO)c2nc(-c3ccc(F)cc3)co2)c1F. The van der Waals surface area contributed by atoms with Gasteiger partial charge in [-0.15, -0.1) is 0 Å². The second kappa shape index (κ2) is 7.50. The lowest BCUT2D eigenvalue weighted by Crippen LogP contribution is -2.18. The molecule has 0 fully saturated rings. The van der Waals surface area contributed by atoms with E-state index in [2.05, 4.69) is 4.98 Å². The third kappa shape index (κ3) is 3.77. The lowest BCUT2D eigenvalue weighted by Gasteiger charge is -2.15. The van der Waals surface area contributed by atoms with Crippen molar-refractivity contribution in [3.8, 4) is 17.0 Å². The van der Waals surface area contributed by atoms with E-state index < -0.39 is 47.4 Å². The number of nitrogens with zero attached hydrogens (tertiary/aromatic N) is 1. The molecule has 1 unspecified atom stereocenters. The van der Waals surface area contributed by atoms with E-state index >= 15 is 0 Å². The summed E-state index contributed by atoms with van der Waals surface area (Å²) in [6.07, 6.45) is 0.0182. The Morgan fingerprint density at radius 2 is 1.89 bits per heavy atom. The number of rotatable bonds is 6. The molecule has 0 saturated carbocycles. The van der Waals surface area contributed by atoms with Gasteiger partial charge in [-0.3, -0.25) is 4.79 Å². The quantitative estimate of drug-likeness (QED) is 0.687. The number of primary amides is 1. The lowest BCUT2D eigenvalue weighted by molar-refractivity contribution is 0.0887. The predicted molar refractivity (Wildman–Crippen MR) is 87.2 cm³/mol. The van der Waals surface area contributed by atoms with Gasteiger partial charge in [-0.25, -0.2) is 18.2 Å². The molecular formula is C18H13F3N2O4. The summed E-state index contributed by atoms with van der Waals surface area (Å²) in [5, 5.41) is 9.52. The summed E-state index contributed by atoms with van der Waals surface area (Å²) in [6, 6.07) is 7.19. The van der Waals surface area contributed by atoms with Crippen LogP contribution in [0.4, 0.5) is 13.2 Å². The summed E-state index contributed by atoms with van der Waals surface area (Å²) in [5.41, 5.74) is 4.89. The maximum Gasteiger partial charge on any atom is 0.254 e. The van der Waals surface area contributed by atoms with Crippen LogP contribution in [0.1, 0.15) is 22.4 Å². The first-order valence-corrected chi connectivity index (χ1v) is 7.67. The minimum atomic E-state index is -1.30. The van der Waals surface area contributed by atoms with Gasteiger partial charge in [0.15, 0.2) is 17.7 Å². The number of carbonyl (C=O) groups is 1. The van der Waals surface area contributed by atoms with Crippen molar-refractivity contribution in [1.82, 2.24) is 4.98 Å². The summed E-state index contributed by atoms with van der Waals surface area (Å²) < 4.78 is 51.3. The van der Waals surface area contributed by atoms with Gasteiger partial charge < -0.3 is 20.0 Å². The summed E-state index contributed by atoms with van der Waals surface area (Å²) >= 11 is 0. The van der Waals surface area contributed by atoms with Gasteiger partial charge in [0.1, 0.15) is 29.2 Å². The second-order valence-electron chi connectivity index (χ2n) is 5.47. The highest BCUT2D eigenvalue weighted by molar-refractivity contribution is 5.93. The van der Waals surface area contributed by atoms with Crippen molar-refractivity contribution < 1.29 is 32.2 Å². The number of aliphatic hydroxyl groups is 1. The molecule has 1 amide bonds. The Kier molecular flexibility index (Phi) is 5.13. The molecule has 0 aliphatic carbocycles. The number of carbonyl (C=O) groups excluding carboxylic acids is 1. The summed E-state index contributed by atoms with van der Waals surface area (Å²) in [5.74, 6) is -4.76. The zero-order chi connectivity index (χ0) is 19.6. The van der Waals surface area contributed by atoms with Crippen LogP contribution in [0, 0.1) is 17.5 Å². The van der Waals surface area contributed by atoms with E-state index in [-0.39, 0.29) is 5.89 Å². The van der Waals surface area contributed by atoms with Crippen LogP contribution in [-0.4, -0.2) is 22.6 Å². The van der Waals surface area contributed by atoms with E-state index in [9.17, 15) is 23.1 Å². The monoisotopic (exact) mass is 378 g/mol. The van der Waals surface area contributed by atoms with Crippen LogP contribution in [0.5, 0.6) is 5.75 Å². The number of aromatic nitrogens is 1. The highest BCUT2D eigenvalue weighted by Gasteiger charge is 2.24. The number of ether oxygens (including phenoxy) is 1. The zero-order valence-electron chi connectivity index (χ0n) is 13.7. The first kappa shape index (κ1) is 18.5. The zero-order valence-corrected chi connectivity index (χ0v) is 13.7. The van der Waals surface area contributed by atoms with Gasteiger partial charge in [-0.1, -0.05) is 0 Å². The molecular weight excluding hydrogens is 365 g/mol. The van der Waals surface area contributed by atoms with Gasteiger partial charge in [0, 0.05) is 5.56 Å². The fourth-order valence-corrected chi connectivity index (χ4v) is 2.36. The van der Waals surface area contributed by atoms with Crippen LogP contribution in [0.3, 0.4) is 0 Å². The van der Waals surface area contributed by atoms with E-state index in [1.54, 1.807) is 0 Å². The average Bonchev–Trinajstić information content (AvgIpc) is 3.11. The molecule has 0 radical (unpaired) electrons. The Morgan fingerprint density at radius 3 is 2.52 bits per heavy atom. The van der Waals surface area contributed by atoms with Crippen LogP contribution in [-0.2, 0) is 0 Å². The molecule has 140 valence electrons. The molecule has 3 N–H and O–H groups in total. The fraction of sp³-hybridized carbons (Fsp3) is 0.111. The Hall–Kier alpha value is -3.33. The van der Waals surface area contributed by atoms with Crippen molar-refractivity contribution in [2.24, 2.45) is 5.73 Å². The minimum absolute atomic E-state index is 0.0961. The summed E-state index contributed by atoms with van der Waals surface area (Å²) in [6.45, 7) is -0.647. The smallest absolute Gasteiger partial charge is 0.254 e. The molecule has 2 aromatic carbocycles. The molecule has 9 heteroatoms. The van der Waals surface area contributed by atoms with Crippen molar-refractivity contribution in [3.63, 3.8) is 0 Å². The van der Waals surface area contributed by atoms with Crippen molar-refractivity contribution in [3.05, 3.63) is 71.6 Å². The molecule has 1 heterocycles. The number of halogens is 3.